The van der Waals surface area contributed by atoms with Gasteiger partial charge in [0.25, 0.3) is 0 Å². The molecule has 0 radical (unpaired) electrons. The Hall–Kier alpha value is -3.83. The number of aromatic nitrogens is 3. The molecule has 4 rings (SSSR count). The second kappa shape index (κ2) is 9.98. The maximum Gasteiger partial charge on any atom is 0.244 e. The zero-order chi connectivity index (χ0) is 24.2. The number of alkyl halides is 2. The van der Waals surface area contributed by atoms with E-state index in [0.29, 0.717) is 35.7 Å². The van der Waals surface area contributed by atoms with Crippen LogP contribution in [-0.4, -0.2) is 71.0 Å². The van der Waals surface area contributed by atoms with Gasteiger partial charge in [-0.1, -0.05) is 6.07 Å². The number of anilines is 2. The van der Waals surface area contributed by atoms with Crippen molar-refractivity contribution in [1.29, 1.82) is 5.53 Å². The summed E-state index contributed by atoms with van der Waals surface area (Å²) in [6.45, 7) is 1.47. The number of hydrogen-bond donors (Lipinski definition) is 3. The number of carbonyl (C=O) groups is 1. The van der Waals surface area contributed by atoms with Crippen molar-refractivity contribution < 1.29 is 18.3 Å². The van der Waals surface area contributed by atoms with Gasteiger partial charge in [0.05, 0.1) is 25.4 Å². The van der Waals surface area contributed by atoms with E-state index in [0.717, 1.165) is 11.1 Å². The molecule has 3 aromatic rings. The van der Waals surface area contributed by atoms with Crippen LogP contribution in [0.1, 0.15) is 13.3 Å². The zero-order valence-electron chi connectivity index (χ0n) is 18.9. The van der Waals surface area contributed by atoms with Crippen LogP contribution in [0.3, 0.4) is 0 Å². The quantitative estimate of drug-likeness (QED) is 0.429. The molecule has 1 saturated heterocycles. The van der Waals surface area contributed by atoms with E-state index in [1.807, 2.05) is 6.07 Å². The van der Waals surface area contributed by atoms with Crippen LogP contribution < -0.4 is 15.4 Å². The standard InChI is InChI=1S/C22H26F2N8O2/c1-13(33)31-9-6-17(16(24)12-31)27-22-28-21(34-2)20-15(5-10-32(20)30-22)14-3-4-18(29-25)19(11-14)26-8-7-23/h3-5,10-11,16-17,25-26H,6-9,12H2,1-2H3,(H,27,30)/t16-,17+/m1/s1. The summed E-state index contributed by atoms with van der Waals surface area (Å²) in [6.07, 6.45) is 0.922. The topological polar surface area (TPSA) is 120 Å². The van der Waals surface area contributed by atoms with Gasteiger partial charge in [0.1, 0.15) is 24.1 Å². The normalized spacial score (nSPS) is 18.1. The molecule has 1 aromatic carbocycles. The molecule has 1 aliphatic rings. The fraction of sp³-hybridized carbons (Fsp3) is 0.409. The number of nitrogens with one attached hydrogen (secondary N) is 3. The molecule has 0 unspecified atom stereocenters. The number of rotatable bonds is 8. The van der Waals surface area contributed by atoms with Gasteiger partial charge in [0.15, 0.2) is 0 Å². The number of benzene rings is 1. The Labute approximate surface area is 194 Å². The molecule has 1 amide bonds. The number of halogens is 2. The number of piperidine rings is 1. The molecule has 1 fully saturated rings. The van der Waals surface area contributed by atoms with Gasteiger partial charge in [0, 0.05) is 31.8 Å². The van der Waals surface area contributed by atoms with Crippen LogP contribution in [0.4, 0.5) is 26.1 Å². The minimum Gasteiger partial charge on any atom is -0.479 e. The number of hydrogen-bond acceptors (Lipinski definition) is 8. The third-order valence-electron chi connectivity index (χ3n) is 5.81. The van der Waals surface area contributed by atoms with E-state index >= 15 is 0 Å². The molecule has 10 nitrogen and oxygen atoms in total. The van der Waals surface area contributed by atoms with Crippen molar-refractivity contribution in [2.45, 2.75) is 25.6 Å². The van der Waals surface area contributed by atoms with E-state index < -0.39 is 18.9 Å². The minimum atomic E-state index is -1.25. The molecule has 34 heavy (non-hydrogen) atoms. The highest BCUT2D eigenvalue weighted by molar-refractivity contribution is 5.87. The van der Waals surface area contributed by atoms with Crippen LogP contribution in [0.15, 0.2) is 35.6 Å². The highest BCUT2D eigenvalue weighted by Crippen LogP contribution is 2.36. The molecule has 3 heterocycles. The van der Waals surface area contributed by atoms with Gasteiger partial charge in [-0.2, -0.15) is 10.1 Å². The first kappa shape index (κ1) is 23.3. The molecule has 180 valence electrons. The third-order valence-corrected chi connectivity index (χ3v) is 5.81. The molecule has 0 saturated carbocycles. The van der Waals surface area contributed by atoms with Crippen molar-refractivity contribution in [3.63, 3.8) is 0 Å². The molecular formula is C22H26F2N8O2. The van der Waals surface area contributed by atoms with E-state index in [1.54, 1.807) is 28.9 Å². The number of ether oxygens (including phenoxy) is 1. The summed E-state index contributed by atoms with van der Waals surface area (Å²) in [5.74, 6) is 0.360. The molecule has 2 atom stereocenters. The molecule has 0 aliphatic carbocycles. The van der Waals surface area contributed by atoms with E-state index in [9.17, 15) is 13.6 Å². The number of amides is 1. The molecule has 1 aliphatic heterocycles. The number of nitrogens with zero attached hydrogens (tertiary/aromatic N) is 5. The predicted molar refractivity (Wildman–Crippen MR) is 123 cm³/mol. The Balaban J connectivity index is 1.64. The smallest absolute Gasteiger partial charge is 0.244 e. The number of likely N-dealkylation sites (tertiary alicyclic amines) is 1. The molecule has 0 spiro atoms. The van der Waals surface area contributed by atoms with E-state index in [2.05, 4.69) is 25.8 Å². The lowest BCUT2D eigenvalue weighted by Gasteiger charge is -2.34. The summed E-state index contributed by atoms with van der Waals surface area (Å²) in [6, 6.07) is 6.56. The first-order valence-electron chi connectivity index (χ1n) is 10.9. The summed E-state index contributed by atoms with van der Waals surface area (Å²) in [7, 11) is 1.49. The van der Waals surface area contributed by atoms with E-state index in [4.69, 9.17) is 10.3 Å². The Bertz CT molecular complexity index is 1200. The van der Waals surface area contributed by atoms with Crippen molar-refractivity contribution in [1.82, 2.24) is 19.5 Å². The lowest BCUT2D eigenvalue weighted by Crippen LogP contribution is -2.49. The molecular weight excluding hydrogens is 446 g/mol. The van der Waals surface area contributed by atoms with Gasteiger partial charge in [0.2, 0.25) is 17.7 Å². The van der Waals surface area contributed by atoms with E-state index in [1.165, 1.54) is 18.9 Å². The van der Waals surface area contributed by atoms with Crippen LogP contribution in [0.2, 0.25) is 0 Å². The zero-order valence-corrected chi connectivity index (χ0v) is 18.9. The van der Waals surface area contributed by atoms with Gasteiger partial charge in [-0.25, -0.2) is 18.8 Å². The fourth-order valence-electron chi connectivity index (χ4n) is 4.07. The monoisotopic (exact) mass is 472 g/mol. The van der Waals surface area contributed by atoms with Crippen LogP contribution >= 0.6 is 0 Å². The van der Waals surface area contributed by atoms with Crippen LogP contribution in [0.25, 0.3) is 16.6 Å². The van der Waals surface area contributed by atoms with Crippen LogP contribution in [-0.2, 0) is 4.79 Å². The third kappa shape index (κ3) is 4.61. The van der Waals surface area contributed by atoms with Gasteiger partial charge in [-0.15, -0.1) is 5.10 Å². The van der Waals surface area contributed by atoms with Crippen molar-refractivity contribution in [2.75, 3.05) is 44.1 Å². The Morgan fingerprint density at radius 2 is 2.21 bits per heavy atom. The maximum atomic E-state index is 14.7. The van der Waals surface area contributed by atoms with Crippen LogP contribution in [0, 0.1) is 5.53 Å². The lowest BCUT2D eigenvalue weighted by molar-refractivity contribution is -0.131. The highest BCUT2D eigenvalue weighted by Gasteiger charge is 2.31. The maximum absolute atomic E-state index is 14.7. The van der Waals surface area contributed by atoms with Crippen LogP contribution in [0.5, 0.6) is 5.88 Å². The number of fused-ring (bicyclic) bond motifs is 1. The first-order valence-corrected chi connectivity index (χ1v) is 10.9. The molecule has 0 bridgehead atoms. The summed E-state index contributed by atoms with van der Waals surface area (Å²) >= 11 is 0. The Morgan fingerprint density at radius 3 is 2.88 bits per heavy atom. The fourth-order valence-corrected chi connectivity index (χ4v) is 4.07. The van der Waals surface area contributed by atoms with Gasteiger partial charge in [-0.3, -0.25) is 4.79 Å². The van der Waals surface area contributed by atoms with Gasteiger partial charge in [-0.05, 0) is 30.2 Å². The molecule has 3 N–H and O–H groups in total. The Kier molecular flexibility index (Phi) is 6.85. The highest BCUT2D eigenvalue weighted by atomic mass is 19.1. The second-order valence-electron chi connectivity index (χ2n) is 7.95. The SMILES string of the molecule is COc1nc(N[C@H]2CCN(C(C)=O)C[C@H]2F)nn2ccc(-c3ccc(N=N)c(NCCF)c3)c12. The average Bonchev–Trinajstić information content (AvgIpc) is 3.27. The summed E-state index contributed by atoms with van der Waals surface area (Å²) in [5, 5.41) is 13.9. The predicted octanol–water partition coefficient (Wildman–Crippen LogP) is 3.82. The van der Waals surface area contributed by atoms with Crippen molar-refractivity contribution >= 4 is 28.7 Å². The lowest BCUT2D eigenvalue weighted by atomic mass is 10.0. The van der Waals surface area contributed by atoms with Crippen molar-refractivity contribution in [3.8, 4) is 17.0 Å². The summed E-state index contributed by atoms with van der Waals surface area (Å²) in [5.41, 5.74) is 10.4. The second-order valence-corrected chi connectivity index (χ2v) is 7.95. The molecule has 12 heteroatoms. The number of methoxy groups -OCH3 is 1. The summed E-state index contributed by atoms with van der Waals surface area (Å²) in [4.78, 5) is 17.5. The summed E-state index contributed by atoms with van der Waals surface area (Å²) < 4.78 is 34.4. The van der Waals surface area contributed by atoms with Gasteiger partial charge >= 0.3 is 0 Å². The largest absolute Gasteiger partial charge is 0.479 e. The van der Waals surface area contributed by atoms with Crippen molar-refractivity contribution in [2.24, 2.45) is 5.11 Å². The van der Waals surface area contributed by atoms with E-state index in [-0.39, 0.29) is 24.9 Å². The number of carbonyl (C=O) groups excluding carboxylic acids is 1. The van der Waals surface area contributed by atoms with Gasteiger partial charge < -0.3 is 20.3 Å². The van der Waals surface area contributed by atoms with Crippen molar-refractivity contribution in [3.05, 3.63) is 30.5 Å². The molecule has 2 aromatic heterocycles. The Morgan fingerprint density at radius 1 is 1.38 bits per heavy atom. The average molecular weight is 473 g/mol. The minimum absolute atomic E-state index is 0.0272. The first-order chi connectivity index (χ1) is 16.4.